The molecule has 0 bridgehead atoms. The van der Waals surface area contributed by atoms with Crippen LogP contribution < -0.4 is 0 Å². The zero-order valence-electron chi connectivity index (χ0n) is 12.3. The van der Waals surface area contributed by atoms with Crippen LogP contribution in [-0.4, -0.2) is 28.6 Å². The summed E-state index contributed by atoms with van der Waals surface area (Å²) in [6.07, 6.45) is 7.39. The molecule has 0 unspecified atom stereocenters. The normalized spacial score (nSPS) is 18.9. The Hall–Kier alpha value is -0.670. The summed E-state index contributed by atoms with van der Waals surface area (Å²) in [5.41, 5.74) is 1.12. The molecule has 0 saturated heterocycles. The molecule has 0 aromatic heterocycles. The van der Waals surface area contributed by atoms with Crippen LogP contribution in [0.3, 0.4) is 0 Å². The molecule has 0 heterocycles. The molecule has 0 spiro atoms. The Labute approximate surface area is 136 Å². The molecule has 2 saturated carbocycles. The number of carbonyl (C=O) groups is 1. The van der Waals surface area contributed by atoms with Crippen molar-refractivity contribution in [1.82, 2.24) is 4.90 Å². The van der Waals surface area contributed by atoms with Crippen LogP contribution in [0.4, 0.5) is 0 Å². The summed E-state index contributed by atoms with van der Waals surface area (Å²) in [7, 11) is 0. The lowest BCUT2D eigenvalue weighted by atomic mass is 10.2. The van der Waals surface area contributed by atoms with Gasteiger partial charge in [0.05, 0.1) is 5.75 Å². The van der Waals surface area contributed by atoms with Crippen LogP contribution >= 0.6 is 23.4 Å². The number of rotatable bonds is 6. The van der Waals surface area contributed by atoms with Gasteiger partial charge in [-0.3, -0.25) is 4.79 Å². The van der Waals surface area contributed by atoms with Crippen molar-refractivity contribution < 1.29 is 4.79 Å². The van der Waals surface area contributed by atoms with Gasteiger partial charge in [-0.2, -0.15) is 0 Å². The van der Waals surface area contributed by atoms with Gasteiger partial charge in [0.2, 0.25) is 5.91 Å². The van der Waals surface area contributed by atoms with Crippen molar-refractivity contribution in [1.29, 1.82) is 0 Å². The second-order valence-electron chi connectivity index (χ2n) is 6.05. The van der Waals surface area contributed by atoms with Gasteiger partial charge in [0.15, 0.2) is 0 Å². The molecule has 1 amide bonds. The van der Waals surface area contributed by atoms with E-state index in [1.165, 1.54) is 38.5 Å². The van der Waals surface area contributed by atoms with Gasteiger partial charge in [0.25, 0.3) is 0 Å². The molecular formula is C17H22ClNOS. The number of hydrogen-bond acceptors (Lipinski definition) is 2. The Morgan fingerprint density at radius 3 is 2.48 bits per heavy atom. The van der Waals surface area contributed by atoms with Crippen LogP contribution in [0, 0.1) is 0 Å². The first-order chi connectivity index (χ1) is 10.3. The van der Waals surface area contributed by atoms with Crippen LogP contribution in [0.25, 0.3) is 0 Å². The van der Waals surface area contributed by atoms with Gasteiger partial charge < -0.3 is 4.90 Å². The molecule has 1 aromatic rings. The van der Waals surface area contributed by atoms with E-state index in [0.29, 0.717) is 23.7 Å². The average molecular weight is 324 g/mol. The van der Waals surface area contributed by atoms with E-state index in [1.807, 2.05) is 24.3 Å². The monoisotopic (exact) mass is 323 g/mol. The van der Waals surface area contributed by atoms with Gasteiger partial charge in [-0.1, -0.05) is 42.6 Å². The van der Waals surface area contributed by atoms with Crippen molar-refractivity contribution in [2.75, 3.05) is 5.75 Å². The van der Waals surface area contributed by atoms with Gasteiger partial charge >= 0.3 is 0 Å². The minimum Gasteiger partial charge on any atom is -0.336 e. The summed E-state index contributed by atoms with van der Waals surface area (Å²) in [5, 5.41) is 0.798. The minimum atomic E-state index is 0.335. The van der Waals surface area contributed by atoms with Crippen molar-refractivity contribution in [2.45, 2.75) is 56.4 Å². The lowest BCUT2D eigenvalue weighted by Crippen LogP contribution is -2.41. The predicted molar refractivity (Wildman–Crippen MR) is 89.7 cm³/mol. The van der Waals surface area contributed by atoms with Gasteiger partial charge in [-0.05, 0) is 37.3 Å². The number of amides is 1. The second kappa shape index (κ2) is 7.06. The SMILES string of the molecule is O=C(CSCc1ccccc1Cl)N(C1CCCC1)C1CC1. The van der Waals surface area contributed by atoms with E-state index in [0.717, 1.165) is 16.3 Å². The zero-order valence-corrected chi connectivity index (χ0v) is 13.8. The van der Waals surface area contributed by atoms with Crippen molar-refractivity contribution in [3.8, 4) is 0 Å². The summed E-state index contributed by atoms with van der Waals surface area (Å²) in [6.45, 7) is 0. The standard InChI is InChI=1S/C17H22ClNOS/c18-16-8-4-1-5-13(16)11-21-12-17(20)19(15-9-10-15)14-6-2-3-7-14/h1,4-5,8,14-15H,2-3,6-7,9-12H2. The first-order valence-electron chi connectivity index (χ1n) is 7.88. The van der Waals surface area contributed by atoms with Gasteiger partial charge in [-0.25, -0.2) is 0 Å². The van der Waals surface area contributed by atoms with E-state index in [4.69, 9.17) is 11.6 Å². The molecule has 21 heavy (non-hydrogen) atoms. The lowest BCUT2D eigenvalue weighted by molar-refractivity contribution is -0.131. The van der Waals surface area contributed by atoms with E-state index < -0.39 is 0 Å². The summed E-state index contributed by atoms with van der Waals surface area (Å²) in [5.74, 6) is 1.73. The van der Waals surface area contributed by atoms with Crippen molar-refractivity contribution in [3.05, 3.63) is 34.9 Å². The van der Waals surface area contributed by atoms with Crippen molar-refractivity contribution in [3.63, 3.8) is 0 Å². The maximum absolute atomic E-state index is 12.6. The first-order valence-corrected chi connectivity index (χ1v) is 9.41. The topological polar surface area (TPSA) is 20.3 Å². The molecule has 3 rings (SSSR count). The minimum absolute atomic E-state index is 0.335. The highest BCUT2D eigenvalue weighted by molar-refractivity contribution is 7.99. The molecule has 0 radical (unpaired) electrons. The Bertz CT molecular complexity index is 497. The Balaban J connectivity index is 1.51. The number of nitrogens with zero attached hydrogens (tertiary/aromatic N) is 1. The smallest absolute Gasteiger partial charge is 0.233 e. The number of hydrogen-bond donors (Lipinski definition) is 0. The highest BCUT2D eigenvalue weighted by Gasteiger charge is 2.37. The number of halogens is 1. The average Bonchev–Trinajstić information content (AvgIpc) is 3.15. The molecule has 2 aliphatic rings. The number of thioether (sulfide) groups is 1. The van der Waals surface area contributed by atoms with Crippen molar-refractivity contribution >= 4 is 29.3 Å². The van der Waals surface area contributed by atoms with Gasteiger partial charge in [-0.15, -0.1) is 11.8 Å². The van der Waals surface area contributed by atoms with Crippen LogP contribution in [0.5, 0.6) is 0 Å². The molecule has 2 nitrogen and oxygen atoms in total. The van der Waals surface area contributed by atoms with E-state index >= 15 is 0 Å². The Morgan fingerprint density at radius 1 is 1.14 bits per heavy atom. The fourth-order valence-corrected chi connectivity index (χ4v) is 4.36. The quantitative estimate of drug-likeness (QED) is 0.768. The van der Waals surface area contributed by atoms with E-state index in [1.54, 1.807) is 11.8 Å². The highest BCUT2D eigenvalue weighted by atomic mass is 35.5. The van der Waals surface area contributed by atoms with E-state index in [-0.39, 0.29) is 0 Å². The fourth-order valence-electron chi connectivity index (χ4n) is 3.18. The molecule has 0 atom stereocenters. The summed E-state index contributed by atoms with van der Waals surface area (Å²) >= 11 is 7.84. The molecule has 4 heteroatoms. The molecule has 114 valence electrons. The molecular weight excluding hydrogens is 302 g/mol. The van der Waals surface area contributed by atoms with Crippen LogP contribution in [0.15, 0.2) is 24.3 Å². The summed E-state index contributed by atoms with van der Waals surface area (Å²) < 4.78 is 0. The third-order valence-electron chi connectivity index (χ3n) is 4.39. The van der Waals surface area contributed by atoms with Gasteiger partial charge in [0.1, 0.15) is 0 Å². The maximum Gasteiger partial charge on any atom is 0.233 e. The molecule has 0 N–H and O–H groups in total. The summed E-state index contributed by atoms with van der Waals surface area (Å²) in [4.78, 5) is 14.8. The van der Waals surface area contributed by atoms with Crippen LogP contribution in [0.1, 0.15) is 44.1 Å². The van der Waals surface area contributed by atoms with Crippen LogP contribution in [-0.2, 0) is 10.5 Å². The number of benzene rings is 1. The van der Waals surface area contributed by atoms with Crippen LogP contribution in [0.2, 0.25) is 5.02 Å². The fraction of sp³-hybridized carbons (Fsp3) is 0.588. The molecule has 0 aliphatic heterocycles. The lowest BCUT2D eigenvalue weighted by Gasteiger charge is -2.29. The number of carbonyl (C=O) groups excluding carboxylic acids is 1. The molecule has 2 aliphatic carbocycles. The highest BCUT2D eigenvalue weighted by Crippen LogP contribution is 2.35. The third-order valence-corrected chi connectivity index (χ3v) is 5.72. The summed E-state index contributed by atoms with van der Waals surface area (Å²) in [6, 6.07) is 8.95. The third kappa shape index (κ3) is 3.95. The Morgan fingerprint density at radius 2 is 1.81 bits per heavy atom. The van der Waals surface area contributed by atoms with E-state index in [9.17, 15) is 4.79 Å². The largest absolute Gasteiger partial charge is 0.336 e. The molecule has 1 aromatic carbocycles. The van der Waals surface area contributed by atoms with E-state index in [2.05, 4.69) is 4.90 Å². The maximum atomic E-state index is 12.6. The van der Waals surface area contributed by atoms with Gasteiger partial charge in [0, 0.05) is 22.9 Å². The molecule has 2 fully saturated rings. The Kier molecular flexibility index (Phi) is 5.12. The zero-order chi connectivity index (χ0) is 14.7. The first kappa shape index (κ1) is 15.2. The van der Waals surface area contributed by atoms with Crippen molar-refractivity contribution in [2.24, 2.45) is 0 Å². The predicted octanol–water partition coefficient (Wildman–Crippen LogP) is 4.51. The second-order valence-corrected chi connectivity index (χ2v) is 7.45.